The van der Waals surface area contributed by atoms with Gasteiger partial charge in [-0.2, -0.15) is 5.26 Å². The Hall–Kier alpha value is -2.44. The minimum absolute atomic E-state index is 0.159. The fourth-order valence-electron chi connectivity index (χ4n) is 3.33. The lowest BCUT2D eigenvalue weighted by Crippen LogP contribution is -2.21. The highest BCUT2D eigenvalue weighted by Crippen LogP contribution is 2.30. The summed E-state index contributed by atoms with van der Waals surface area (Å²) in [6.45, 7) is 4.01. The average molecular weight is 471 g/mol. The first-order valence-electron chi connectivity index (χ1n) is 8.93. The molecule has 0 spiro atoms. The third-order valence-corrected chi connectivity index (χ3v) is 6.96. The highest BCUT2D eigenvalue weighted by molar-refractivity contribution is 7.99. The number of nitrogens with zero attached hydrogens (tertiary/aromatic N) is 4. The van der Waals surface area contributed by atoms with Crippen molar-refractivity contribution in [2.75, 3.05) is 5.75 Å². The van der Waals surface area contributed by atoms with Crippen molar-refractivity contribution in [1.29, 1.82) is 5.26 Å². The Bertz CT molecular complexity index is 1430. The summed E-state index contributed by atoms with van der Waals surface area (Å²) in [5.74, 6) is 0.159. The molecule has 0 aliphatic carbocycles. The van der Waals surface area contributed by atoms with Crippen molar-refractivity contribution in [2.24, 2.45) is 0 Å². The Kier molecular flexibility index (Phi) is 5.80. The number of thiazole rings is 1. The summed E-state index contributed by atoms with van der Waals surface area (Å²) in [6.07, 6.45) is 0. The van der Waals surface area contributed by atoms with Gasteiger partial charge in [-0.1, -0.05) is 59.0 Å². The minimum atomic E-state index is -0.233. The van der Waals surface area contributed by atoms with Gasteiger partial charge >= 0.3 is 0 Å². The standard InChI is InChI=1S/C21H15ClN4OS3/c1-12-5-3-6-13(2)16(12)26-18-17(30-21(26)28)19(27)25(20(24-18)29-10-9-23)15-8-4-7-14(22)11-15/h3-8,11H,10H2,1-2H3. The van der Waals surface area contributed by atoms with Crippen molar-refractivity contribution in [3.05, 3.63) is 72.9 Å². The zero-order valence-electron chi connectivity index (χ0n) is 16.0. The van der Waals surface area contributed by atoms with Gasteiger partial charge in [0.05, 0.1) is 23.2 Å². The molecule has 4 rings (SSSR count). The van der Waals surface area contributed by atoms with Crippen molar-refractivity contribution >= 4 is 57.3 Å². The number of hydrogen-bond donors (Lipinski definition) is 0. The monoisotopic (exact) mass is 470 g/mol. The minimum Gasteiger partial charge on any atom is -0.275 e. The van der Waals surface area contributed by atoms with E-state index in [1.807, 2.05) is 36.6 Å². The van der Waals surface area contributed by atoms with Gasteiger partial charge in [0, 0.05) is 5.02 Å². The Morgan fingerprint density at radius 3 is 2.57 bits per heavy atom. The summed E-state index contributed by atoms with van der Waals surface area (Å²) in [6, 6.07) is 15.1. The molecule has 9 heteroatoms. The Morgan fingerprint density at radius 1 is 1.20 bits per heavy atom. The van der Waals surface area contributed by atoms with E-state index in [9.17, 15) is 4.79 Å². The van der Waals surface area contributed by atoms with E-state index in [0.717, 1.165) is 16.8 Å². The molecule has 0 aliphatic rings. The molecule has 4 aromatic rings. The molecule has 2 aromatic carbocycles. The number of thioether (sulfide) groups is 1. The van der Waals surface area contributed by atoms with Crippen LogP contribution in [0.15, 0.2) is 52.4 Å². The van der Waals surface area contributed by atoms with E-state index in [2.05, 4.69) is 6.07 Å². The summed E-state index contributed by atoms with van der Waals surface area (Å²) in [5, 5.41) is 10.0. The molecule has 5 nitrogen and oxygen atoms in total. The second-order valence-electron chi connectivity index (χ2n) is 6.56. The van der Waals surface area contributed by atoms with E-state index in [4.69, 9.17) is 34.1 Å². The maximum Gasteiger partial charge on any atom is 0.278 e. The van der Waals surface area contributed by atoms with Crippen LogP contribution in [0, 0.1) is 29.1 Å². The van der Waals surface area contributed by atoms with Crippen molar-refractivity contribution in [3.8, 4) is 17.4 Å². The van der Waals surface area contributed by atoms with Gasteiger partial charge in [-0.25, -0.2) is 4.98 Å². The van der Waals surface area contributed by atoms with E-state index < -0.39 is 0 Å². The van der Waals surface area contributed by atoms with E-state index >= 15 is 0 Å². The number of hydrogen-bond acceptors (Lipinski definition) is 6. The fraction of sp³-hybridized carbons (Fsp3) is 0.143. The first-order chi connectivity index (χ1) is 14.4. The first-order valence-corrected chi connectivity index (χ1v) is 11.5. The van der Waals surface area contributed by atoms with Gasteiger partial charge < -0.3 is 0 Å². The lowest BCUT2D eigenvalue weighted by atomic mass is 10.1. The van der Waals surface area contributed by atoms with E-state index in [-0.39, 0.29) is 11.3 Å². The third-order valence-electron chi connectivity index (χ3n) is 4.57. The molecule has 30 heavy (non-hydrogen) atoms. The summed E-state index contributed by atoms with van der Waals surface area (Å²) in [4.78, 5) is 18.3. The maximum absolute atomic E-state index is 13.5. The van der Waals surface area contributed by atoms with Crippen LogP contribution in [0.3, 0.4) is 0 Å². The quantitative estimate of drug-likeness (QED) is 0.212. The van der Waals surface area contributed by atoms with Crippen LogP contribution in [-0.2, 0) is 0 Å². The second kappa shape index (κ2) is 8.36. The van der Waals surface area contributed by atoms with Gasteiger partial charge in [0.15, 0.2) is 14.8 Å². The van der Waals surface area contributed by atoms with Crippen molar-refractivity contribution in [1.82, 2.24) is 14.1 Å². The Morgan fingerprint density at radius 2 is 1.90 bits per heavy atom. The topological polar surface area (TPSA) is 63.6 Å². The number of aromatic nitrogens is 3. The smallest absolute Gasteiger partial charge is 0.275 e. The first kappa shape index (κ1) is 20.8. The molecular weight excluding hydrogens is 456 g/mol. The maximum atomic E-state index is 13.5. The Balaban J connectivity index is 2.10. The van der Waals surface area contributed by atoms with Crippen LogP contribution in [0.5, 0.6) is 0 Å². The molecule has 0 saturated heterocycles. The molecule has 0 aliphatic heterocycles. The van der Waals surface area contributed by atoms with Crippen LogP contribution in [0.2, 0.25) is 5.02 Å². The normalized spacial score (nSPS) is 11.0. The van der Waals surface area contributed by atoms with Gasteiger partial charge in [-0.05, 0) is 55.4 Å². The van der Waals surface area contributed by atoms with Crippen molar-refractivity contribution in [3.63, 3.8) is 0 Å². The van der Waals surface area contributed by atoms with Crippen LogP contribution in [-0.4, -0.2) is 19.9 Å². The molecular formula is C21H15ClN4OS3. The summed E-state index contributed by atoms with van der Waals surface area (Å²) in [7, 11) is 0. The van der Waals surface area contributed by atoms with Crippen molar-refractivity contribution < 1.29 is 0 Å². The van der Waals surface area contributed by atoms with Gasteiger partial charge in [0.1, 0.15) is 4.70 Å². The lowest BCUT2D eigenvalue weighted by Gasteiger charge is -2.14. The molecule has 2 aromatic heterocycles. The lowest BCUT2D eigenvalue weighted by molar-refractivity contribution is 0.812. The molecule has 0 fully saturated rings. The highest BCUT2D eigenvalue weighted by Gasteiger charge is 2.20. The highest BCUT2D eigenvalue weighted by atomic mass is 35.5. The predicted octanol–water partition coefficient (Wildman–Crippen LogP) is 5.85. The van der Waals surface area contributed by atoms with Crippen LogP contribution in [0.25, 0.3) is 21.7 Å². The number of halogens is 1. The molecule has 0 saturated carbocycles. The molecule has 0 unspecified atom stereocenters. The van der Waals surface area contributed by atoms with E-state index in [0.29, 0.717) is 30.2 Å². The number of rotatable bonds is 4. The van der Waals surface area contributed by atoms with Crippen LogP contribution in [0.4, 0.5) is 0 Å². The van der Waals surface area contributed by atoms with Gasteiger partial charge in [0.25, 0.3) is 5.56 Å². The number of benzene rings is 2. The number of para-hydroxylation sites is 1. The Labute approximate surface area is 191 Å². The van der Waals surface area contributed by atoms with E-state index in [1.165, 1.54) is 27.7 Å². The molecule has 0 atom stereocenters. The summed E-state index contributed by atoms with van der Waals surface area (Å²) in [5.41, 5.74) is 3.88. The van der Waals surface area contributed by atoms with Crippen LogP contribution in [0.1, 0.15) is 11.1 Å². The van der Waals surface area contributed by atoms with Gasteiger partial charge in [-0.15, -0.1) is 0 Å². The zero-order valence-corrected chi connectivity index (χ0v) is 19.3. The average Bonchev–Trinajstić information content (AvgIpc) is 3.03. The predicted molar refractivity (Wildman–Crippen MR) is 126 cm³/mol. The number of nitriles is 1. The number of aryl methyl sites for hydroxylation is 2. The molecule has 0 N–H and O–H groups in total. The molecule has 0 bridgehead atoms. The van der Waals surface area contributed by atoms with Crippen molar-refractivity contribution in [2.45, 2.75) is 19.0 Å². The SMILES string of the molecule is Cc1cccc(C)c1-n1c(=S)sc2c(=O)n(-c3cccc(Cl)c3)c(SCC#N)nc21. The number of fused-ring (bicyclic) bond motifs is 1. The third kappa shape index (κ3) is 3.59. The van der Waals surface area contributed by atoms with Gasteiger partial charge in [-0.3, -0.25) is 13.9 Å². The van der Waals surface area contributed by atoms with Crippen LogP contribution < -0.4 is 5.56 Å². The summed E-state index contributed by atoms with van der Waals surface area (Å²) < 4.78 is 4.37. The van der Waals surface area contributed by atoms with E-state index in [1.54, 1.807) is 24.3 Å². The molecule has 0 radical (unpaired) electrons. The molecule has 2 heterocycles. The molecule has 150 valence electrons. The largest absolute Gasteiger partial charge is 0.278 e. The van der Waals surface area contributed by atoms with Crippen LogP contribution >= 0.6 is 46.9 Å². The zero-order chi connectivity index (χ0) is 21.4. The molecule has 0 amide bonds. The summed E-state index contributed by atoms with van der Waals surface area (Å²) >= 11 is 14.2. The van der Waals surface area contributed by atoms with Gasteiger partial charge in [0.2, 0.25) is 0 Å². The fourth-order valence-corrected chi connectivity index (χ4v) is 5.45. The second-order valence-corrected chi connectivity index (χ2v) is 9.58.